The topological polar surface area (TPSA) is 122 Å². The van der Waals surface area contributed by atoms with Gasteiger partial charge >= 0.3 is 5.97 Å². The first-order valence-corrected chi connectivity index (χ1v) is 14.9. The molecular formula is C30H32B3ClFN7O3. The number of carbonyl (C=O) groups is 1. The minimum absolute atomic E-state index is 0.0477. The maximum atomic E-state index is 14.7. The fourth-order valence-corrected chi connectivity index (χ4v) is 5.55. The van der Waals surface area contributed by atoms with Crippen LogP contribution in [0.3, 0.4) is 0 Å². The van der Waals surface area contributed by atoms with Crippen LogP contribution in [-0.4, -0.2) is 66.8 Å². The van der Waals surface area contributed by atoms with Crippen molar-refractivity contribution in [1.29, 1.82) is 0 Å². The lowest BCUT2D eigenvalue weighted by atomic mass is 9.43. The largest absolute Gasteiger partial charge is 0.482 e. The number of rotatable bonds is 8. The summed E-state index contributed by atoms with van der Waals surface area (Å²) in [4.78, 5) is 17.1. The Hall–Kier alpha value is -3.77. The Balaban J connectivity index is 1.64. The summed E-state index contributed by atoms with van der Waals surface area (Å²) in [6.45, 7) is 5.35. The van der Waals surface area contributed by atoms with E-state index in [0.29, 0.717) is 40.1 Å². The monoisotopic (exact) mass is 625 g/mol. The lowest BCUT2D eigenvalue weighted by molar-refractivity contribution is -0.145. The molecule has 0 amide bonds. The van der Waals surface area contributed by atoms with Crippen LogP contribution < -0.4 is 15.8 Å². The van der Waals surface area contributed by atoms with Crippen LogP contribution in [-0.2, 0) is 29.5 Å². The fraction of sp³-hybridized carbons (Fsp3) is 0.400. The first-order chi connectivity index (χ1) is 21.3. The zero-order chi connectivity index (χ0) is 32.6. The van der Waals surface area contributed by atoms with E-state index in [-0.39, 0.29) is 35.9 Å². The van der Waals surface area contributed by atoms with Crippen molar-refractivity contribution in [2.24, 2.45) is 18.7 Å². The van der Waals surface area contributed by atoms with Crippen LogP contribution in [0.2, 0.25) is 10.3 Å². The van der Waals surface area contributed by atoms with Crippen LogP contribution in [0.4, 0.5) is 10.2 Å². The molecule has 6 radical (unpaired) electrons. The van der Waals surface area contributed by atoms with Gasteiger partial charge in [-0.25, -0.2) is 9.37 Å². The number of halogens is 2. The molecule has 0 spiro atoms. The number of esters is 1. The van der Waals surface area contributed by atoms with E-state index in [2.05, 4.69) is 15.4 Å². The highest BCUT2D eigenvalue weighted by atomic mass is 35.5. The number of anilines is 1. The summed E-state index contributed by atoms with van der Waals surface area (Å²) in [5.74, 6) is -0.460. The molecule has 4 heterocycles. The third-order valence-electron chi connectivity index (χ3n) is 7.82. The lowest BCUT2D eigenvalue weighted by Crippen LogP contribution is -2.38. The van der Waals surface area contributed by atoms with Crippen LogP contribution in [0.5, 0.6) is 5.75 Å². The summed E-state index contributed by atoms with van der Waals surface area (Å²) in [7, 11) is 19.8. The molecule has 5 rings (SSSR count). The second-order valence-electron chi connectivity index (χ2n) is 11.5. The van der Waals surface area contributed by atoms with E-state index in [0.717, 1.165) is 12.0 Å². The van der Waals surface area contributed by atoms with Gasteiger partial charge in [-0.3, -0.25) is 14.2 Å². The Morgan fingerprint density at radius 1 is 1.31 bits per heavy atom. The first-order valence-electron chi connectivity index (χ1n) is 14.5. The van der Waals surface area contributed by atoms with Crippen molar-refractivity contribution in [1.82, 2.24) is 24.5 Å². The zero-order valence-corrected chi connectivity index (χ0v) is 26.3. The van der Waals surface area contributed by atoms with Gasteiger partial charge in [0.2, 0.25) is 0 Å². The number of nitrogens with two attached hydrogens (primary N) is 1. The van der Waals surface area contributed by atoms with Gasteiger partial charge in [0.05, 0.1) is 34.9 Å². The van der Waals surface area contributed by atoms with E-state index in [1.165, 1.54) is 16.8 Å². The number of nitrogens with zero attached hydrogens (tertiary/aromatic N) is 5. The van der Waals surface area contributed by atoms with Gasteiger partial charge in [-0.15, -0.1) is 5.11 Å². The average molecular weight is 626 g/mol. The SMILES string of the molecule is [B]C([B])([B])Cn1nc(Cl)c2c1-c1cnc(NCOC(=O)C(N)C(C)CC)c(c1)O[C@H](C)c1cc(F)ccc1-c1nn(C)cc1C2. The molecule has 228 valence electrons. The van der Waals surface area contributed by atoms with Gasteiger partial charge in [-0.05, 0) is 37.1 Å². The summed E-state index contributed by atoms with van der Waals surface area (Å²) >= 11 is 6.75. The number of pyridine rings is 1. The molecule has 0 fully saturated rings. The highest BCUT2D eigenvalue weighted by molar-refractivity contribution is 6.58. The maximum Gasteiger partial charge on any atom is 0.324 e. The third kappa shape index (κ3) is 7.07. The number of aromatic nitrogens is 5. The van der Waals surface area contributed by atoms with Crippen LogP contribution in [0, 0.1) is 11.7 Å². The number of benzene rings is 1. The second kappa shape index (κ2) is 12.9. The minimum atomic E-state index is -1.60. The third-order valence-corrected chi connectivity index (χ3v) is 8.12. The quantitative estimate of drug-likeness (QED) is 0.171. The van der Waals surface area contributed by atoms with E-state index in [1.54, 1.807) is 37.0 Å². The molecule has 2 unspecified atom stereocenters. The minimum Gasteiger partial charge on any atom is -0.482 e. The maximum absolute atomic E-state index is 14.7. The van der Waals surface area contributed by atoms with Crippen LogP contribution in [0.25, 0.3) is 22.5 Å². The number of carbonyl (C=O) groups excluding carboxylic acids is 1. The average Bonchev–Trinajstić information content (AvgIpc) is 3.48. The van der Waals surface area contributed by atoms with Gasteiger partial charge in [-0.1, -0.05) is 31.9 Å². The Morgan fingerprint density at radius 2 is 2.07 bits per heavy atom. The molecule has 0 aliphatic carbocycles. The molecule has 3 aromatic heterocycles. The van der Waals surface area contributed by atoms with E-state index < -0.39 is 29.0 Å². The standard InChI is InChI=1S/C30H32B3ClFN7O3/c1-5-15(2)24(36)29(43)44-14-38-28-23-9-17(11-37-28)26-22(27(34)40-42(26)13-30(31,32)33)8-18-12-41(4)39-25(18)20-7-6-19(35)10-21(20)16(3)45-23/h6-7,9-12,15-16,24H,5,8,13-14,36H2,1-4H3,(H,37,38)/t15?,16-,24?/m1/s1. The van der Waals surface area contributed by atoms with E-state index >= 15 is 0 Å². The van der Waals surface area contributed by atoms with Crippen molar-refractivity contribution in [3.63, 3.8) is 0 Å². The lowest BCUT2D eigenvalue weighted by Gasteiger charge is -2.24. The van der Waals surface area contributed by atoms with Crippen molar-refractivity contribution in [2.75, 3.05) is 12.0 Å². The van der Waals surface area contributed by atoms with Crippen molar-refractivity contribution in [3.8, 4) is 28.3 Å². The van der Waals surface area contributed by atoms with Gasteiger partial charge in [0.25, 0.3) is 0 Å². The van der Waals surface area contributed by atoms with Crippen LogP contribution in [0.1, 0.15) is 50.0 Å². The van der Waals surface area contributed by atoms with Gasteiger partial charge in [0.1, 0.15) is 18.0 Å². The Morgan fingerprint density at radius 3 is 2.78 bits per heavy atom. The Kier molecular flexibility index (Phi) is 9.37. The molecule has 2 bridgehead atoms. The Labute approximate surface area is 270 Å². The molecular weight excluding hydrogens is 593 g/mol. The predicted molar refractivity (Wildman–Crippen MR) is 173 cm³/mol. The van der Waals surface area contributed by atoms with Crippen molar-refractivity contribution in [3.05, 3.63) is 64.3 Å². The van der Waals surface area contributed by atoms with Gasteiger partial charge in [0, 0.05) is 60.2 Å². The summed E-state index contributed by atoms with van der Waals surface area (Å²) in [5.41, 5.74) is 10.5. The second-order valence-corrected chi connectivity index (χ2v) is 11.9. The van der Waals surface area contributed by atoms with E-state index in [4.69, 9.17) is 55.4 Å². The summed E-state index contributed by atoms with van der Waals surface area (Å²) in [5, 5.41) is 10.8. The molecule has 3 N–H and O–H groups in total. The van der Waals surface area contributed by atoms with Crippen molar-refractivity contribution < 1.29 is 18.7 Å². The number of fused-ring (bicyclic) bond motifs is 7. The summed E-state index contributed by atoms with van der Waals surface area (Å²) in [6, 6.07) is 5.45. The van der Waals surface area contributed by atoms with Gasteiger partial charge in [0.15, 0.2) is 23.5 Å². The number of aryl methyl sites for hydroxylation is 1. The number of hydrogen-bond donors (Lipinski definition) is 2. The fourth-order valence-electron chi connectivity index (χ4n) is 5.30. The number of hydrogen-bond acceptors (Lipinski definition) is 8. The van der Waals surface area contributed by atoms with Gasteiger partial charge < -0.3 is 20.5 Å². The normalized spacial score (nSPS) is 15.8. The Bertz CT molecular complexity index is 1730. The number of nitrogens with one attached hydrogen (secondary N) is 1. The molecule has 0 saturated carbocycles. The smallest absolute Gasteiger partial charge is 0.324 e. The highest BCUT2D eigenvalue weighted by Crippen LogP contribution is 2.41. The molecule has 45 heavy (non-hydrogen) atoms. The molecule has 15 heteroatoms. The molecule has 3 atom stereocenters. The summed E-state index contributed by atoms with van der Waals surface area (Å²) < 4.78 is 29.7. The van der Waals surface area contributed by atoms with E-state index in [1.807, 2.05) is 20.0 Å². The van der Waals surface area contributed by atoms with Crippen LogP contribution >= 0.6 is 11.6 Å². The molecule has 0 saturated heterocycles. The van der Waals surface area contributed by atoms with Crippen LogP contribution in [0.15, 0.2) is 36.7 Å². The number of ether oxygens (including phenoxy) is 2. The zero-order valence-electron chi connectivity index (χ0n) is 25.6. The molecule has 4 aromatic rings. The predicted octanol–water partition coefficient (Wildman–Crippen LogP) is 4.05. The summed E-state index contributed by atoms with van der Waals surface area (Å²) in [6.07, 6.45) is 3.85. The van der Waals surface area contributed by atoms with Gasteiger partial charge in [-0.2, -0.15) is 10.2 Å². The first kappa shape index (κ1) is 32.6. The van der Waals surface area contributed by atoms with E-state index in [9.17, 15) is 9.18 Å². The van der Waals surface area contributed by atoms with Crippen molar-refractivity contribution >= 4 is 46.9 Å². The molecule has 1 aliphatic heterocycles. The molecule has 1 aromatic carbocycles. The molecule has 1 aliphatic rings. The highest BCUT2D eigenvalue weighted by Gasteiger charge is 2.28. The van der Waals surface area contributed by atoms with Crippen molar-refractivity contribution in [2.45, 2.75) is 57.4 Å². The molecule has 10 nitrogen and oxygen atoms in total.